The normalized spacial score (nSPS) is 11.3. The van der Waals surface area contributed by atoms with E-state index in [1.165, 1.54) is 11.9 Å². The van der Waals surface area contributed by atoms with Crippen molar-refractivity contribution < 1.29 is 4.79 Å². The van der Waals surface area contributed by atoms with Gasteiger partial charge in [-0.15, -0.1) is 0 Å². The quantitative estimate of drug-likeness (QED) is 0.417. The van der Waals surface area contributed by atoms with Gasteiger partial charge in [0.2, 0.25) is 0 Å². The van der Waals surface area contributed by atoms with E-state index in [-0.39, 0.29) is 11.3 Å². The average molecular weight is 437 g/mol. The number of aryl methyl sites for hydroxylation is 1. The summed E-state index contributed by atoms with van der Waals surface area (Å²) in [4.78, 5) is 25.9. The number of pyridine rings is 1. The number of rotatable bonds is 5. The van der Waals surface area contributed by atoms with Crippen LogP contribution in [0.4, 0.5) is 5.69 Å². The molecular weight excluding hydrogens is 408 g/mol. The number of benzene rings is 2. The van der Waals surface area contributed by atoms with E-state index in [4.69, 9.17) is 0 Å². The van der Waals surface area contributed by atoms with E-state index in [1.54, 1.807) is 12.4 Å². The molecule has 2 heterocycles. The molecule has 2 aromatic carbocycles. The van der Waals surface area contributed by atoms with Crippen molar-refractivity contribution in [3.05, 3.63) is 107 Å². The molecule has 0 aliphatic rings. The standard InChI is InChI=1S/C28H28N4O/c1-19-7-8-20(27(33)32-23-11-9-22(10-12-23)28(2,3)4)16-21(19)17-26-24(6-5-14-30-26)25-13-15-29-18-31-25/h5-16,18H,17H2,1-4H3,(H,32,33). The van der Waals surface area contributed by atoms with Crippen LogP contribution in [-0.4, -0.2) is 20.9 Å². The molecule has 5 nitrogen and oxygen atoms in total. The van der Waals surface area contributed by atoms with Gasteiger partial charge in [0, 0.05) is 35.6 Å². The first kappa shape index (κ1) is 22.3. The molecule has 0 saturated heterocycles. The van der Waals surface area contributed by atoms with E-state index in [0.29, 0.717) is 12.0 Å². The molecule has 0 spiro atoms. The summed E-state index contributed by atoms with van der Waals surface area (Å²) in [5.41, 5.74) is 7.58. The van der Waals surface area contributed by atoms with E-state index < -0.39 is 0 Å². The van der Waals surface area contributed by atoms with Crippen LogP contribution in [-0.2, 0) is 11.8 Å². The van der Waals surface area contributed by atoms with Gasteiger partial charge in [0.1, 0.15) is 6.33 Å². The van der Waals surface area contributed by atoms with Crippen LogP contribution in [0.5, 0.6) is 0 Å². The van der Waals surface area contributed by atoms with Crippen molar-refractivity contribution in [1.29, 1.82) is 0 Å². The Hall–Kier alpha value is -3.86. The second kappa shape index (κ2) is 9.33. The van der Waals surface area contributed by atoms with Crippen LogP contribution in [0.1, 0.15) is 53.5 Å². The second-order valence-corrected chi connectivity index (χ2v) is 9.19. The summed E-state index contributed by atoms with van der Waals surface area (Å²) >= 11 is 0. The van der Waals surface area contributed by atoms with Crippen molar-refractivity contribution in [2.45, 2.75) is 39.5 Å². The molecule has 0 radical (unpaired) electrons. The number of aromatic nitrogens is 3. The molecule has 0 unspecified atom stereocenters. The molecule has 4 aromatic rings. The van der Waals surface area contributed by atoms with E-state index >= 15 is 0 Å². The zero-order chi connectivity index (χ0) is 23.4. The van der Waals surface area contributed by atoms with Gasteiger partial charge in [-0.25, -0.2) is 9.97 Å². The summed E-state index contributed by atoms with van der Waals surface area (Å²) in [6.45, 7) is 8.57. The SMILES string of the molecule is Cc1ccc(C(=O)Nc2ccc(C(C)(C)C)cc2)cc1Cc1ncccc1-c1ccncn1. The molecule has 4 rings (SSSR count). The van der Waals surface area contributed by atoms with Gasteiger partial charge in [-0.1, -0.05) is 39.0 Å². The van der Waals surface area contributed by atoms with E-state index in [0.717, 1.165) is 33.8 Å². The van der Waals surface area contributed by atoms with Crippen LogP contribution in [0, 0.1) is 6.92 Å². The van der Waals surface area contributed by atoms with Crippen LogP contribution in [0.25, 0.3) is 11.3 Å². The van der Waals surface area contributed by atoms with Gasteiger partial charge >= 0.3 is 0 Å². The number of amides is 1. The van der Waals surface area contributed by atoms with Crippen LogP contribution < -0.4 is 5.32 Å². The van der Waals surface area contributed by atoms with Gasteiger partial charge in [-0.2, -0.15) is 0 Å². The lowest BCUT2D eigenvalue weighted by molar-refractivity contribution is 0.102. The molecule has 0 bridgehead atoms. The van der Waals surface area contributed by atoms with Gasteiger partial charge in [0.15, 0.2) is 0 Å². The zero-order valence-electron chi connectivity index (χ0n) is 19.5. The largest absolute Gasteiger partial charge is 0.322 e. The van der Waals surface area contributed by atoms with Gasteiger partial charge in [0.05, 0.1) is 11.4 Å². The third-order valence-electron chi connectivity index (χ3n) is 5.73. The summed E-state index contributed by atoms with van der Waals surface area (Å²) < 4.78 is 0. The second-order valence-electron chi connectivity index (χ2n) is 9.19. The predicted molar refractivity (Wildman–Crippen MR) is 132 cm³/mol. The summed E-state index contributed by atoms with van der Waals surface area (Å²) in [5, 5.41) is 3.01. The summed E-state index contributed by atoms with van der Waals surface area (Å²) in [6.07, 6.45) is 5.65. The minimum atomic E-state index is -0.128. The Labute approximate surface area is 195 Å². The smallest absolute Gasteiger partial charge is 0.255 e. The van der Waals surface area contributed by atoms with Crippen molar-refractivity contribution in [3.8, 4) is 11.3 Å². The van der Waals surface area contributed by atoms with Gasteiger partial charge in [-0.3, -0.25) is 9.78 Å². The molecule has 0 aliphatic carbocycles. The maximum absolute atomic E-state index is 13.0. The number of hydrogen-bond donors (Lipinski definition) is 1. The molecular formula is C28H28N4O. The highest BCUT2D eigenvalue weighted by Crippen LogP contribution is 2.25. The first-order chi connectivity index (χ1) is 15.8. The predicted octanol–water partition coefficient (Wildman–Crippen LogP) is 5.99. The number of carbonyl (C=O) groups excluding carboxylic acids is 1. The molecule has 0 saturated carbocycles. The molecule has 0 aliphatic heterocycles. The van der Waals surface area contributed by atoms with Crippen molar-refractivity contribution >= 4 is 11.6 Å². The summed E-state index contributed by atoms with van der Waals surface area (Å²) in [6, 6.07) is 19.6. The molecule has 1 amide bonds. The van der Waals surface area contributed by atoms with E-state index in [2.05, 4.69) is 60.1 Å². The van der Waals surface area contributed by atoms with Gasteiger partial charge in [-0.05, 0) is 71.5 Å². The maximum atomic E-state index is 13.0. The van der Waals surface area contributed by atoms with Crippen molar-refractivity contribution in [2.75, 3.05) is 5.32 Å². The van der Waals surface area contributed by atoms with Gasteiger partial charge in [0.25, 0.3) is 5.91 Å². The molecule has 1 N–H and O–H groups in total. The Balaban J connectivity index is 1.56. The topological polar surface area (TPSA) is 67.8 Å². The number of nitrogens with zero attached hydrogens (tertiary/aromatic N) is 3. The first-order valence-electron chi connectivity index (χ1n) is 11.0. The third-order valence-corrected chi connectivity index (χ3v) is 5.73. The highest BCUT2D eigenvalue weighted by atomic mass is 16.1. The summed E-state index contributed by atoms with van der Waals surface area (Å²) in [5.74, 6) is -0.128. The monoisotopic (exact) mass is 436 g/mol. The Bertz CT molecular complexity index is 1260. The molecule has 33 heavy (non-hydrogen) atoms. The molecule has 5 heteroatoms. The number of hydrogen-bond acceptors (Lipinski definition) is 4. The number of carbonyl (C=O) groups is 1. The fourth-order valence-corrected chi connectivity index (χ4v) is 3.70. The van der Waals surface area contributed by atoms with Crippen LogP contribution >= 0.6 is 0 Å². The Morgan fingerprint density at radius 3 is 2.42 bits per heavy atom. The lowest BCUT2D eigenvalue weighted by Gasteiger charge is -2.19. The Morgan fingerprint density at radius 1 is 0.939 bits per heavy atom. The van der Waals surface area contributed by atoms with E-state index in [1.807, 2.05) is 48.5 Å². The summed E-state index contributed by atoms with van der Waals surface area (Å²) in [7, 11) is 0. The fourth-order valence-electron chi connectivity index (χ4n) is 3.70. The molecule has 166 valence electrons. The van der Waals surface area contributed by atoms with Crippen molar-refractivity contribution in [2.24, 2.45) is 0 Å². The highest BCUT2D eigenvalue weighted by Gasteiger charge is 2.15. The molecule has 0 fully saturated rings. The zero-order valence-corrected chi connectivity index (χ0v) is 19.5. The van der Waals surface area contributed by atoms with Gasteiger partial charge < -0.3 is 5.32 Å². The van der Waals surface area contributed by atoms with E-state index in [9.17, 15) is 4.79 Å². The van der Waals surface area contributed by atoms with Crippen LogP contribution in [0.15, 0.2) is 79.4 Å². The van der Waals surface area contributed by atoms with Crippen molar-refractivity contribution in [1.82, 2.24) is 15.0 Å². The Kier molecular flexibility index (Phi) is 6.31. The number of anilines is 1. The lowest BCUT2D eigenvalue weighted by atomic mass is 9.87. The third kappa shape index (κ3) is 5.32. The first-order valence-corrected chi connectivity index (χ1v) is 11.0. The molecule has 2 aromatic heterocycles. The number of nitrogens with one attached hydrogen (secondary N) is 1. The Morgan fingerprint density at radius 2 is 1.73 bits per heavy atom. The average Bonchev–Trinajstić information content (AvgIpc) is 2.81. The highest BCUT2D eigenvalue weighted by molar-refractivity contribution is 6.04. The minimum absolute atomic E-state index is 0.0739. The fraction of sp³-hybridized carbons (Fsp3) is 0.214. The molecule has 0 atom stereocenters. The maximum Gasteiger partial charge on any atom is 0.255 e. The lowest BCUT2D eigenvalue weighted by Crippen LogP contribution is -2.14. The van der Waals surface area contributed by atoms with Crippen LogP contribution in [0.2, 0.25) is 0 Å². The van der Waals surface area contributed by atoms with Crippen LogP contribution in [0.3, 0.4) is 0 Å². The van der Waals surface area contributed by atoms with Crippen molar-refractivity contribution in [3.63, 3.8) is 0 Å². The minimum Gasteiger partial charge on any atom is -0.322 e.